The molecule has 0 spiro atoms. The van der Waals surface area contributed by atoms with Crippen LogP contribution in [0.4, 0.5) is 13.3 Å². The van der Waals surface area contributed by atoms with Crippen LogP contribution in [-0.4, -0.2) is 35.8 Å². The molecular formula is C17H35F3KN2O4S2+. The van der Waals surface area contributed by atoms with Crippen molar-refractivity contribution in [3.63, 3.8) is 0 Å². The molecule has 6 nitrogen and oxygen atoms in total. The summed E-state index contributed by atoms with van der Waals surface area (Å²) in [7, 11) is -10.0. The summed E-state index contributed by atoms with van der Waals surface area (Å²) in [5.74, 6) is -3.87. The van der Waals surface area contributed by atoms with Gasteiger partial charge in [-0.05, 0) is 29.2 Å². The molecule has 0 radical (unpaired) electrons. The van der Waals surface area contributed by atoms with Crippen LogP contribution in [0.15, 0.2) is 3.77 Å². The topological polar surface area (TPSA) is 76.0 Å². The van der Waals surface area contributed by atoms with Crippen LogP contribution in [0.25, 0.3) is 0 Å². The van der Waals surface area contributed by atoms with Crippen LogP contribution in [-0.2, 0) is 24.6 Å². The van der Waals surface area contributed by atoms with Crippen LogP contribution < -0.4 is 51.4 Å². The molecule has 170 valence electrons. The minimum Gasteiger partial charge on any atom is -0.211 e. The molecule has 0 heterocycles. The molecule has 0 aliphatic heterocycles. The number of halogens is 3. The fourth-order valence-electron chi connectivity index (χ4n) is 2.92. The van der Waals surface area contributed by atoms with Gasteiger partial charge in [0.1, 0.15) is 0 Å². The number of hydrogen-bond acceptors (Lipinski definition) is 4. The molecule has 3 unspecified atom stereocenters. The third-order valence-corrected chi connectivity index (χ3v) is 8.02. The standard InChI is InChI=1S/C17H35F3N2O4S2.K/c1-5-9-11-15(7-3)13-22(14-16(8-4)12-10-6-2)28(24,25)21-27(23,26-20)17(18)19;/h15-17H,5-14H2,1-4H3;/q;+1. The minimum atomic E-state index is -5.27. The van der Waals surface area contributed by atoms with Crippen molar-refractivity contribution in [3.05, 3.63) is 0 Å². The zero-order valence-corrected chi connectivity index (χ0v) is 23.0. The molecule has 0 aliphatic carbocycles. The van der Waals surface area contributed by atoms with Gasteiger partial charge in [-0.3, -0.25) is 0 Å². The molecule has 0 N–H and O–H groups in total. The summed E-state index contributed by atoms with van der Waals surface area (Å²) in [5, 5.41) is 0. The minimum absolute atomic E-state index is 0. The number of rotatable bonds is 16. The molecule has 0 saturated heterocycles. The Bertz CT molecular complexity index is 627. The second-order valence-corrected chi connectivity index (χ2v) is 10.6. The summed E-state index contributed by atoms with van der Waals surface area (Å²) in [6.07, 6.45) is 6.62. The monoisotopic (exact) mass is 491 g/mol. The first kappa shape index (κ1) is 32.4. The molecular weight excluding hydrogens is 456 g/mol. The summed E-state index contributed by atoms with van der Waals surface area (Å²) in [4.78, 5) is 0. The third kappa shape index (κ3) is 12.2. The Kier molecular flexibility index (Phi) is 18.8. The number of nitrogens with zero attached hydrogens (tertiary/aromatic N) is 2. The van der Waals surface area contributed by atoms with Crippen molar-refractivity contribution in [2.45, 2.75) is 84.8 Å². The van der Waals surface area contributed by atoms with Crippen molar-refractivity contribution in [1.82, 2.24) is 4.31 Å². The fourth-order valence-corrected chi connectivity index (χ4v) is 5.56. The van der Waals surface area contributed by atoms with E-state index in [2.05, 4.69) is 8.16 Å². The molecule has 29 heavy (non-hydrogen) atoms. The Morgan fingerprint density at radius 2 is 1.31 bits per heavy atom. The second-order valence-electron chi connectivity index (χ2n) is 7.04. The molecule has 0 rings (SSSR count). The van der Waals surface area contributed by atoms with Crippen LogP contribution in [0.5, 0.6) is 0 Å². The van der Waals surface area contributed by atoms with Crippen molar-refractivity contribution >= 4 is 20.2 Å². The van der Waals surface area contributed by atoms with Gasteiger partial charge in [-0.2, -0.15) is 21.5 Å². The van der Waals surface area contributed by atoms with Gasteiger partial charge in [0.25, 0.3) is 10.0 Å². The van der Waals surface area contributed by atoms with Gasteiger partial charge in [-0.1, -0.05) is 74.4 Å². The SMILES string of the molecule is CCCCC(CC)CN(CC(CC)CCCC)S(=O)(=O)N=S(=O)(OF)C(F)F.[K+]. The maximum absolute atomic E-state index is 12.9. The number of unbranched alkanes of at least 4 members (excludes halogenated alkanes) is 2. The number of hydrogen-bond donors (Lipinski definition) is 0. The van der Waals surface area contributed by atoms with E-state index in [1.165, 1.54) is 0 Å². The molecule has 0 amide bonds. The van der Waals surface area contributed by atoms with Gasteiger partial charge in [-0.25, -0.2) is 4.21 Å². The summed E-state index contributed by atoms with van der Waals surface area (Å²) in [6, 6.07) is 0. The Balaban J connectivity index is 0. The zero-order chi connectivity index (χ0) is 21.8. The zero-order valence-electron chi connectivity index (χ0n) is 18.3. The van der Waals surface area contributed by atoms with Gasteiger partial charge in [0.2, 0.25) is 0 Å². The molecule has 12 heteroatoms. The number of alkyl halides is 2. The first-order chi connectivity index (χ1) is 13.1. The average Bonchev–Trinajstić information content (AvgIpc) is 2.65. The second kappa shape index (κ2) is 16.8. The van der Waals surface area contributed by atoms with Crippen LogP contribution >= 0.6 is 0 Å². The van der Waals surface area contributed by atoms with Gasteiger partial charge in [-0.15, -0.1) is 0 Å². The van der Waals surface area contributed by atoms with Gasteiger partial charge in [0.15, 0.2) is 0 Å². The van der Waals surface area contributed by atoms with E-state index in [9.17, 15) is 25.9 Å². The maximum Gasteiger partial charge on any atom is 1.00 e. The molecule has 0 aromatic heterocycles. The van der Waals surface area contributed by atoms with Gasteiger partial charge in [0, 0.05) is 13.1 Å². The Morgan fingerprint density at radius 1 is 0.897 bits per heavy atom. The van der Waals surface area contributed by atoms with E-state index in [0.717, 1.165) is 42.8 Å². The summed E-state index contributed by atoms with van der Waals surface area (Å²) >= 11 is 0. The van der Waals surface area contributed by atoms with Crippen LogP contribution in [0.1, 0.15) is 79.1 Å². The van der Waals surface area contributed by atoms with Gasteiger partial charge < -0.3 is 0 Å². The normalized spacial score (nSPS) is 16.3. The molecule has 0 saturated carbocycles. The van der Waals surface area contributed by atoms with E-state index in [4.69, 9.17) is 0 Å². The molecule has 0 aliphatic rings. The van der Waals surface area contributed by atoms with E-state index < -0.39 is 26.0 Å². The molecule has 3 atom stereocenters. The Morgan fingerprint density at radius 3 is 1.59 bits per heavy atom. The third-order valence-electron chi connectivity index (χ3n) is 4.85. The molecule has 0 fully saturated rings. The van der Waals surface area contributed by atoms with Crippen molar-refractivity contribution in [3.8, 4) is 0 Å². The van der Waals surface area contributed by atoms with Crippen LogP contribution in [0.3, 0.4) is 0 Å². The van der Waals surface area contributed by atoms with E-state index in [0.29, 0.717) is 12.8 Å². The smallest absolute Gasteiger partial charge is 0.211 e. The Hall–Kier alpha value is 1.25. The Labute approximate surface area is 217 Å². The van der Waals surface area contributed by atoms with Crippen LogP contribution in [0.2, 0.25) is 0 Å². The molecule has 0 aromatic rings. The molecule has 0 bridgehead atoms. The van der Waals surface area contributed by atoms with E-state index in [1.54, 1.807) is 0 Å². The first-order valence-corrected chi connectivity index (χ1v) is 12.9. The average molecular weight is 492 g/mol. The van der Waals surface area contributed by atoms with Crippen molar-refractivity contribution < 1.29 is 81.7 Å². The predicted octanol–water partition coefficient (Wildman–Crippen LogP) is 2.48. The molecule has 0 aromatic carbocycles. The van der Waals surface area contributed by atoms with Gasteiger partial charge in [0.05, 0.1) is 0 Å². The fraction of sp³-hybridized carbons (Fsp3) is 1.00. The van der Waals surface area contributed by atoms with Crippen LogP contribution in [0, 0.1) is 11.8 Å². The quantitative estimate of drug-likeness (QED) is 0.311. The first-order valence-electron chi connectivity index (χ1n) is 9.95. The maximum atomic E-state index is 12.9. The van der Waals surface area contributed by atoms with E-state index >= 15 is 0 Å². The van der Waals surface area contributed by atoms with Crippen molar-refractivity contribution in [2.75, 3.05) is 13.1 Å². The predicted molar refractivity (Wildman–Crippen MR) is 106 cm³/mol. The summed E-state index contributed by atoms with van der Waals surface area (Å²) in [6.45, 7) is 8.01. The van der Waals surface area contributed by atoms with E-state index in [-0.39, 0.29) is 76.3 Å². The summed E-state index contributed by atoms with van der Waals surface area (Å²) < 4.78 is 81.6. The van der Waals surface area contributed by atoms with Crippen molar-refractivity contribution in [2.24, 2.45) is 15.6 Å². The summed E-state index contributed by atoms with van der Waals surface area (Å²) in [5.41, 5.74) is 0. The van der Waals surface area contributed by atoms with Gasteiger partial charge >= 0.3 is 67.4 Å². The van der Waals surface area contributed by atoms with E-state index in [1.807, 2.05) is 27.7 Å². The largest absolute Gasteiger partial charge is 1.00 e. The van der Waals surface area contributed by atoms with Crippen molar-refractivity contribution in [1.29, 1.82) is 0 Å².